The molecule has 6 nitrogen and oxygen atoms in total. The van der Waals surface area contributed by atoms with E-state index in [1.54, 1.807) is 0 Å². The Balaban J connectivity index is 2.12. The van der Waals surface area contributed by atoms with Crippen LogP contribution in [0.25, 0.3) is 0 Å². The van der Waals surface area contributed by atoms with Gasteiger partial charge in [-0.1, -0.05) is 27.7 Å². The summed E-state index contributed by atoms with van der Waals surface area (Å²) in [6.07, 6.45) is 3.13. The zero-order valence-electron chi connectivity index (χ0n) is 14.0. The molecule has 1 heterocycles. The van der Waals surface area contributed by atoms with Crippen molar-refractivity contribution in [2.24, 2.45) is 11.3 Å². The van der Waals surface area contributed by atoms with E-state index in [1.807, 2.05) is 6.92 Å². The van der Waals surface area contributed by atoms with Crippen LogP contribution in [-0.2, 0) is 9.59 Å². The van der Waals surface area contributed by atoms with Gasteiger partial charge in [-0.2, -0.15) is 0 Å². The summed E-state index contributed by atoms with van der Waals surface area (Å²) in [5, 5.41) is 5.58. The van der Waals surface area contributed by atoms with Gasteiger partial charge in [0.2, 0.25) is 5.91 Å². The molecule has 1 saturated heterocycles. The first-order chi connectivity index (χ1) is 10.2. The van der Waals surface area contributed by atoms with Crippen molar-refractivity contribution in [2.45, 2.75) is 58.9 Å². The smallest absolute Gasteiger partial charge is 0.325 e. The van der Waals surface area contributed by atoms with E-state index in [-0.39, 0.29) is 23.8 Å². The van der Waals surface area contributed by atoms with E-state index in [1.165, 1.54) is 0 Å². The summed E-state index contributed by atoms with van der Waals surface area (Å²) >= 11 is 0. The van der Waals surface area contributed by atoms with Crippen LogP contribution in [0.5, 0.6) is 0 Å². The van der Waals surface area contributed by atoms with Gasteiger partial charge in [-0.25, -0.2) is 4.79 Å². The first kappa shape index (κ1) is 16.8. The molecule has 1 saturated carbocycles. The van der Waals surface area contributed by atoms with E-state index in [0.717, 1.165) is 17.7 Å². The van der Waals surface area contributed by atoms with E-state index in [9.17, 15) is 14.4 Å². The third kappa shape index (κ3) is 3.25. The van der Waals surface area contributed by atoms with Gasteiger partial charge in [-0.15, -0.1) is 0 Å². The Hall–Kier alpha value is -1.59. The molecule has 1 aliphatic carbocycles. The van der Waals surface area contributed by atoms with Crippen LogP contribution >= 0.6 is 0 Å². The maximum absolute atomic E-state index is 12.8. The Morgan fingerprint density at radius 1 is 1.36 bits per heavy atom. The molecular weight excluding hydrogens is 282 g/mol. The lowest BCUT2D eigenvalue weighted by molar-refractivity contribution is -0.137. The molecule has 0 aromatic carbocycles. The number of carbonyl (C=O) groups is 3. The van der Waals surface area contributed by atoms with Crippen molar-refractivity contribution in [2.75, 3.05) is 13.1 Å². The third-order valence-electron chi connectivity index (χ3n) is 4.50. The van der Waals surface area contributed by atoms with Crippen LogP contribution in [0.1, 0.15) is 53.4 Å². The zero-order chi connectivity index (χ0) is 16.5. The van der Waals surface area contributed by atoms with Crippen LogP contribution in [0.15, 0.2) is 0 Å². The number of nitrogens with one attached hydrogen (secondary N) is 2. The molecular formula is C16H27N3O3. The van der Waals surface area contributed by atoms with E-state index in [4.69, 9.17) is 0 Å². The summed E-state index contributed by atoms with van der Waals surface area (Å²) < 4.78 is 0. The molecule has 124 valence electrons. The van der Waals surface area contributed by atoms with Crippen LogP contribution in [0.2, 0.25) is 0 Å². The van der Waals surface area contributed by atoms with Crippen LogP contribution in [0.3, 0.4) is 0 Å². The Bertz CT molecular complexity index is 489. The van der Waals surface area contributed by atoms with E-state index in [2.05, 4.69) is 31.4 Å². The Kier molecular flexibility index (Phi) is 4.49. The van der Waals surface area contributed by atoms with Gasteiger partial charge in [0.1, 0.15) is 12.1 Å². The first-order valence-corrected chi connectivity index (χ1v) is 8.10. The average molecular weight is 309 g/mol. The highest BCUT2D eigenvalue weighted by atomic mass is 16.2. The number of hydrogen-bond acceptors (Lipinski definition) is 3. The van der Waals surface area contributed by atoms with Crippen molar-refractivity contribution in [1.29, 1.82) is 0 Å². The normalized spacial score (nSPS) is 30.5. The predicted octanol–water partition coefficient (Wildman–Crippen LogP) is 1.65. The van der Waals surface area contributed by atoms with Gasteiger partial charge in [-0.3, -0.25) is 14.5 Å². The van der Waals surface area contributed by atoms with E-state index >= 15 is 0 Å². The van der Waals surface area contributed by atoms with Gasteiger partial charge in [0.15, 0.2) is 0 Å². The lowest BCUT2D eigenvalue weighted by atomic mass is 9.64. The minimum atomic E-state index is -0.830. The van der Waals surface area contributed by atoms with Crippen molar-refractivity contribution in [3.63, 3.8) is 0 Å². The van der Waals surface area contributed by atoms with Crippen LogP contribution < -0.4 is 10.6 Å². The fraction of sp³-hybridized carbons (Fsp3) is 0.812. The van der Waals surface area contributed by atoms with Crippen LogP contribution in [0.4, 0.5) is 4.79 Å². The van der Waals surface area contributed by atoms with Crippen LogP contribution in [0, 0.1) is 11.3 Å². The topological polar surface area (TPSA) is 78.5 Å². The lowest BCUT2D eigenvalue weighted by Crippen LogP contribution is -2.54. The third-order valence-corrected chi connectivity index (χ3v) is 4.50. The number of amides is 4. The predicted molar refractivity (Wildman–Crippen MR) is 83.1 cm³/mol. The van der Waals surface area contributed by atoms with Gasteiger partial charge < -0.3 is 10.6 Å². The first-order valence-electron chi connectivity index (χ1n) is 8.10. The Labute approximate surface area is 132 Å². The second kappa shape index (κ2) is 5.89. The quantitative estimate of drug-likeness (QED) is 0.775. The highest BCUT2D eigenvalue weighted by Gasteiger charge is 2.56. The van der Waals surface area contributed by atoms with Gasteiger partial charge >= 0.3 is 6.03 Å². The minimum absolute atomic E-state index is 0.00108. The molecule has 2 atom stereocenters. The number of imide groups is 1. The molecule has 4 amide bonds. The largest absolute Gasteiger partial charge is 0.355 e. The molecule has 0 bridgehead atoms. The summed E-state index contributed by atoms with van der Waals surface area (Å²) in [7, 11) is 0. The molecule has 22 heavy (non-hydrogen) atoms. The van der Waals surface area contributed by atoms with Crippen molar-refractivity contribution in [3.8, 4) is 0 Å². The lowest BCUT2D eigenvalue weighted by Gasteiger charge is -2.43. The van der Waals surface area contributed by atoms with E-state index in [0.29, 0.717) is 25.3 Å². The van der Waals surface area contributed by atoms with E-state index < -0.39 is 11.6 Å². The van der Waals surface area contributed by atoms with Crippen molar-refractivity contribution >= 4 is 17.8 Å². The molecule has 0 radical (unpaired) electrons. The number of urea groups is 1. The number of carbonyl (C=O) groups excluding carboxylic acids is 3. The fourth-order valence-electron chi connectivity index (χ4n) is 4.11. The molecule has 1 spiro atoms. The summed E-state index contributed by atoms with van der Waals surface area (Å²) in [6, 6.07) is -0.443. The van der Waals surface area contributed by atoms with Gasteiger partial charge in [0.25, 0.3) is 5.91 Å². The second-order valence-electron chi connectivity index (χ2n) is 7.61. The molecule has 2 fully saturated rings. The molecule has 2 rings (SSSR count). The summed E-state index contributed by atoms with van der Waals surface area (Å²) in [6.45, 7) is 8.67. The van der Waals surface area contributed by atoms with Crippen molar-refractivity contribution < 1.29 is 14.4 Å². The number of rotatable bonds is 4. The van der Waals surface area contributed by atoms with Gasteiger partial charge in [-0.05, 0) is 37.0 Å². The van der Waals surface area contributed by atoms with Gasteiger partial charge in [0, 0.05) is 6.54 Å². The van der Waals surface area contributed by atoms with Crippen molar-refractivity contribution in [3.05, 3.63) is 0 Å². The molecule has 0 aromatic heterocycles. The zero-order valence-corrected chi connectivity index (χ0v) is 14.0. The van der Waals surface area contributed by atoms with Crippen LogP contribution in [-0.4, -0.2) is 41.4 Å². The summed E-state index contributed by atoms with van der Waals surface area (Å²) in [5.74, 6) is -0.170. The SMILES string of the molecule is CCCNC(=O)CN1C(=O)NC2(CC(C)CC(C)(C)C2)C1=O. The number of hydrogen-bond donors (Lipinski definition) is 2. The minimum Gasteiger partial charge on any atom is -0.355 e. The molecule has 6 heteroatoms. The molecule has 2 unspecified atom stereocenters. The van der Waals surface area contributed by atoms with Gasteiger partial charge in [0.05, 0.1) is 0 Å². The highest BCUT2D eigenvalue weighted by Crippen LogP contribution is 2.46. The molecule has 1 aliphatic heterocycles. The monoisotopic (exact) mass is 309 g/mol. The summed E-state index contributed by atoms with van der Waals surface area (Å²) in [4.78, 5) is 37.9. The maximum Gasteiger partial charge on any atom is 0.325 e. The Morgan fingerprint density at radius 2 is 2.05 bits per heavy atom. The molecule has 2 N–H and O–H groups in total. The fourth-order valence-corrected chi connectivity index (χ4v) is 4.11. The van der Waals surface area contributed by atoms with Crippen molar-refractivity contribution in [1.82, 2.24) is 15.5 Å². The highest BCUT2D eigenvalue weighted by molar-refractivity contribution is 6.09. The summed E-state index contributed by atoms with van der Waals surface area (Å²) in [5.41, 5.74) is -0.829. The molecule has 2 aliphatic rings. The molecule has 0 aromatic rings. The second-order valence-corrected chi connectivity index (χ2v) is 7.61. The number of nitrogens with zero attached hydrogens (tertiary/aromatic N) is 1. The maximum atomic E-state index is 12.8. The standard InChI is InChI=1S/C16H27N3O3/c1-5-6-17-12(20)9-19-13(21)16(18-14(19)22)8-11(2)7-15(3,4)10-16/h11H,5-10H2,1-4H3,(H,17,20)(H,18,22). The Morgan fingerprint density at radius 3 is 2.64 bits per heavy atom. The average Bonchev–Trinajstić information content (AvgIpc) is 2.58.